The number of carbonyl (C=O) groups excluding carboxylic acids is 2. The lowest BCUT2D eigenvalue weighted by molar-refractivity contribution is -0.125. The van der Waals surface area contributed by atoms with Crippen LogP contribution in [0, 0.1) is 5.41 Å². The van der Waals surface area contributed by atoms with E-state index in [-0.39, 0.29) is 11.8 Å². The summed E-state index contributed by atoms with van der Waals surface area (Å²) in [4.78, 5) is 25.4. The van der Waals surface area contributed by atoms with Crippen molar-refractivity contribution in [2.75, 3.05) is 23.8 Å². The Morgan fingerprint density at radius 2 is 1.90 bits per heavy atom. The van der Waals surface area contributed by atoms with Crippen LogP contribution in [0.25, 0.3) is 0 Å². The zero-order valence-corrected chi connectivity index (χ0v) is 13.3. The van der Waals surface area contributed by atoms with Gasteiger partial charge in [-0.25, -0.2) is 0 Å². The molecule has 0 aliphatic rings. The molecule has 1 aromatic carbocycles. The van der Waals surface area contributed by atoms with Gasteiger partial charge in [-0.3, -0.25) is 9.59 Å². The summed E-state index contributed by atoms with van der Waals surface area (Å²) in [5.41, 5.74) is 6.66. The molecular weight excluding hydrogens is 266 g/mol. The summed E-state index contributed by atoms with van der Waals surface area (Å²) in [7, 11) is 1.70. The number of anilines is 2. The molecular formula is C16H25N3O2. The van der Waals surface area contributed by atoms with Gasteiger partial charge in [0.2, 0.25) is 11.8 Å². The van der Waals surface area contributed by atoms with Gasteiger partial charge in [-0.05, 0) is 31.0 Å². The molecule has 0 aliphatic carbocycles. The lowest BCUT2D eigenvalue weighted by atomic mass is 9.81. The maximum Gasteiger partial charge on any atom is 0.231 e. The van der Waals surface area contributed by atoms with Gasteiger partial charge in [0.25, 0.3) is 0 Å². The van der Waals surface area contributed by atoms with E-state index >= 15 is 0 Å². The van der Waals surface area contributed by atoms with E-state index in [4.69, 9.17) is 5.73 Å². The molecule has 1 rings (SSSR count). The number of hydrogen-bond acceptors (Lipinski definition) is 3. The van der Waals surface area contributed by atoms with Crippen LogP contribution in [0.2, 0.25) is 0 Å². The summed E-state index contributed by atoms with van der Waals surface area (Å²) < 4.78 is 0. The van der Waals surface area contributed by atoms with Crippen LogP contribution in [0.5, 0.6) is 0 Å². The molecule has 116 valence electrons. The number of nitrogens with one attached hydrogen (secondary N) is 1. The predicted octanol–water partition coefficient (Wildman–Crippen LogP) is 2.37. The number of hydrogen-bond donors (Lipinski definition) is 2. The molecule has 5 heteroatoms. The standard InChI is InChI=1S/C16H25N3O2/c1-5-16(6-2,11-17)15(21)18-13-8-7-9-14(10-13)19(4)12(3)20/h7-10H,5-6,11,17H2,1-4H3,(H,18,21). The van der Waals surface area contributed by atoms with Gasteiger partial charge >= 0.3 is 0 Å². The Bertz CT molecular complexity index is 502. The fraction of sp³-hybridized carbons (Fsp3) is 0.500. The van der Waals surface area contributed by atoms with Crippen LogP contribution in [-0.2, 0) is 9.59 Å². The smallest absolute Gasteiger partial charge is 0.231 e. The van der Waals surface area contributed by atoms with Crippen LogP contribution < -0.4 is 16.0 Å². The Balaban J connectivity index is 2.96. The van der Waals surface area contributed by atoms with E-state index in [1.807, 2.05) is 32.0 Å². The first kappa shape index (κ1) is 17.2. The Kier molecular flexibility index (Phi) is 5.90. The Morgan fingerprint density at radius 1 is 1.29 bits per heavy atom. The van der Waals surface area contributed by atoms with E-state index in [0.29, 0.717) is 25.1 Å². The summed E-state index contributed by atoms with van der Waals surface area (Å²) in [5, 5.41) is 2.91. The SMILES string of the molecule is CCC(CC)(CN)C(=O)Nc1cccc(N(C)C(C)=O)c1. The van der Waals surface area contributed by atoms with Gasteiger partial charge in [0.05, 0.1) is 5.41 Å². The largest absolute Gasteiger partial charge is 0.329 e. The number of rotatable bonds is 6. The first-order valence-corrected chi connectivity index (χ1v) is 7.26. The second kappa shape index (κ2) is 7.22. The number of nitrogens with zero attached hydrogens (tertiary/aromatic N) is 1. The van der Waals surface area contributed by atoms with Crippen molar-refractivity contribution in [1.29, 1.82) is 0 Å². The summed E-state index contributed by atoms with van der Waals surface area (Å²) in [6.07, 6.45) is 1.39. The molecule has 0 aliphatic heterocycles. The van der Waals surface area contributed by atoms with Crippen LogP contribution >= 0.6 is 0 Å². The number of benzene rings is 1. The molecule has 0 fully saturated rings. The monoisotopic (exact) mass is 291 g/mol. The van der Waals surface area contributed by atoms with Crippen LogP contribution in [0.15, 0.2) is 24.3 Å². The van der Waals surface area contributed by atoms with Crippen LogP contribution in [0.4, 0.5) is 11.4 Å². The van der Waals surface area contributed by atoms with Gasteiger partial charge in [-0.15, -0.1) is 0 Å². The maximum absolute atomic E-state index is 12.5. The van der Waals surface area contributed by atoms with Crippen molar-refractivity contribution in [1.82, 2.24) is 0 Å². The first-order valence-electron chi connectivity index (χ1n) is 7.26. The third-order valence-electron chi connectivity index (χ3n) is 4.19. The molecule has 0 unspecified atom stereocenters. The molecule has 0 radical (unpaired) electrons. The van der Waals surface area contributed by atoms with Gasteiger partial charge in [-0.1, -0.05) is 19.9 Å². The highest BCUT2D eigenvalue weighted by molar-refractivity contribution is 5.97. The van der Waals surface area contributed by atoms with Crippen LogP contribution in [-0.4, -0.2) is 25.4 Å². The zero-order valence-electron chi connectivity index (χ0n) is 13.3. The number of nitrogens with two attached hydrogens (primary N) is 1. The normalized spacial score (nSPS) is 11.1. The quantitative estimate of drug-likeness (QED) is 0.845. The van der Waals surface area contributed by atoms with Gasteiger partial charge in [0.1, 0.15) is 0 Å². The topological polar surface area (TPSA) is 75.4 Å². The van der Waals surface area contributed by atoms with E-state index in [1.54, 1.807) is 13.1 Å². The van der Waals surface area contributed by atoms with Crippen LogP contribution in [0.3, 0.4) is 0 Å². The Hall–Kier alpha value is -1.88. The van der Waals surface area contributed by atoms with E-state index in [1.165, 1.54) is 11.8 Å². The molecule has 1 aromatic rings. The average Bonchev–Trinajstić information content (AvgIpc) is 2.49. The Morgan fingerprint density at radius 3 is 2.38 bits per heavy atom. The highest BCUT2D eigenvalue weighted by atomic mass is 16.2. The van der Waals surface area contributed by atoms with Gasteiger partial charge in [0.15, 0.2) is 0 Å². The second-order valence-electron chi connectivity index (χ2n) is 5.27. The summed E-state index contributed by atoms with van der Waals surface area (Å²) in [5.74, 6) is -0.130. The lowest BCUT2D eigenvalue weighted by Gasteiger charge is -2.28. The average molecular weight is 291 g/mol. The van der Waals surface area contributed by atoms with E-state index in [2.05, 4.69) is 5.32 Å². The van der Waals surface area contributed by atoms with Crippen molar-refractivity contribution in [3.05, 3.63) is 24.3 Å². The van der Waals surface area contributed by atoms with Crippen molar-refractivity contribution in [3.63, 3.8) is 0 Å². The molecule has 5 nitrogen and oxygen atoms in total. The molecule has 0 spiro atoms. The van der Waals surface area contributed by atoms with E-state index < -0.39 is 5.41 Å². The highest BCUT2D eigenvalue weighted by Crippen LogP contribution is 2.27. The fourth-order valence-corrected chi connectivity index (χ4v) is 2.19. The maximum atomic E-state index is 12.5. The Labute approximate surface area is 126 Å². The summed E-state index contributed by atoms with van der Waals surface area (Å²) in [6.45, 7) is 5.75. The summed E-state index contributed by atoms with van der Waals surface area (Å²) >= 11 is 0. The molecule has 3 N–H and O–H groups in total. The first-order chi connectivity index (χ1) is 9.90. The lowest BCUT2D eigenvalue weighted by Crippen LogP contribution is -2.41. The highest BCUT2D eigenvalue weighted by Gasteiger charge is 2.33. The minimum absolute atomic E-state index is 0.0584. The third-order valence-corrected chi connectivity index (χ3v) is 4.19. The van der Waals surface area contributed by atoms with Crippen molar-refractivity contribution >= 4 is 23.2 Å². The molecule has 0 aromatic heterocycles. The van der Waals surface area contributed by atoms with Crippen LogP contribution in [0.1, 0.15) is 33.6 Å². The molecule has 0 atom stereocenters. The van der Waals surface area contributed by atoms with Gasteiger partial charge in [-0.2, -0.15) is 0 Å². The van der Waals surface area contributed by atoms with Gasteiger partial charge < -0.3 is 16.0 Å². The van der Waals surface area contributed by atoms with E-state index in [9.17, 15) is 9.59 Å². The van der Waals surface area contributed by atoms with Crippen molar-refractivity contribution in [2.24, 2.45) is 11.1 Å². The molecule has 0 heterocycles. The van der Waals surface area contributed by atoms with Gasteiger partial charge in [0, 0.05) is 31.9 Å². The molecule has 21 heavy (non-hydrogen) atoms. The third kappa shape index (κ3) is 3.82. The summed E-state index contributed by atoms with van der Waals surface area (Å²) in [6, 6.07) is 7.23. The molecule has 2 amide bonds. The molecule has 0 saturated heterocycles. The van der Waals surface area contributed by atoms with Crippen molar-refractivity contribution in [3.8, 4) is 0 Å². The predicted molar refractivity (Wildman–Crippen MR) is 86.2 cm³/mol. The minimum atomic E-state index is -0.539. The number of amides is 2. The second-order valence-corrected chi connectivity index (χ2v) is 5.27. The van der Waals surface area contributed by atoms with Crippen molar-refractivity contribution < 1.29 is 9.59 Å². The molecule has 0 bridgehead atoms. The number of carbonyl (C=O) groups is 2. The molecule has 0 saturated carbocycles. The van der Waals surface area contributed by atoms with E-state index in [0.717, 1.165) is 5.69 Å². The fourth-order valence-electron chi connectivity index (χ4n) is 2.19. The minimum Gasteiger partial charge on any atom is -0.329 e. The zero-order chi connectivity index (χ0) is 16.0. The van der Waals surface area contributed by atoms with Crippen molar-refractivity contribution in [2.45, 2.75) is 33.6 Å².